The van der Waals surface area contributed by atoms with Crippen molar-refractivity contribution in [1.82, 2.24) is 89.6 Å². The summed E-state index contributed by atoms with van der Waals surface area (Å²) < 4.78 is 6.52. The number of carbonyl (C=O) groups excluding carboxylic acids is 17. The Hall–Kier alpha value is -14.8. The molecule has 18 amide bonds. The number of imide groups is 1. The summed E-state index contributed by atoms with van der Waals surface area (Å²) in [5, 5.41) is 82.8. The van der Waals surface area contributed by atoms with Crippen LogP contribution >= 0.6 is 11.3 Å². The summed E-state index contributed by atoms with van der Waals surface area (Å²) in [5.41, 5.74) is 5.44. The van der Waals surface area contributed by atoms with E-state index >= 15 is 4.79 Å². The van der Waals surface area contributed by atoms with E-state index in [4.69, 9.17) is 10.5 Å². The first kappa shape index (κ1) is 120. The highest BCUT2D eigenvalue weighted by molar-refractivity contribution is 7.17. The first-order chi connectivity index (χ1) is 70.2. The number of unbranched alkanes of at least 4 members (excludes halogenated alkanes) is 1. The van der Waals surface area contributed by atoms with Gasteiger partial charge in [-0.05, 0) is 200 Å². The number of aldehydes is 1. The number of allylic oxidation sites excluding steroid dienone is 4. The number of nitrogens with one attached hydrogen (secondary N) is 15. The molecule has 0 spiro atoms. The Morgan fingerprint density at radius 1 is 0.601 bits per heavy atom. The first-order valence-electron chi connectivity index (χ1n) is 49.5. The standard InChI is InChI=1S/C104H142N18O25S/c1-62-36-27-28-40-68(62)53-75(106-10)91(134)114-78(54-70-61-148-83-44-30-29-42-72(70)83)93(136)111-74(89(132)108-63(2)87(105)130)45-46-84(125)107-47-32-31-43-73-90(133)116-82-59-121(58-71(82)60-123)102(146)147-49-34-23-21-19-17-15-13-11-12-14-16-18-20-22-33-48-122(65(4)124)101(145)118-80(56-86(128)129)95(138)115-81(57-103(5,6)7)96(139)119-100(144)117-79(55-85(126)127)94(137)113-77(52-67-39-35-41-69(50-67)98(141)142)97(140)120-104(8,9)99(143)109-64(3)88(131)112-76(92(135)110-73)51-66-37-25-24-26-38-66/h16,18-19,21,24-30,35-42,44,50,60-61,63-64,73-81,96,106,139H,11-15,17,20,22-23,31-34,43,45-49,51-59H2,1-10H3,(H2,105,130)(H,107,125)(H,108,132)(H,109,143)(H,110,135)(H,111,136)(H,112,131)(H,113,137)(H,114,134)(H,115,138)(H,116,133)(H,118,145)(H,120,140)(H,126,127)(H,128,129)(H,141,142)(H2,117,119,144)/b18-16-,21-19+/t63-,64-,73-,74-,75-,76-,77-,78-,79-,80-,81-,96?/m0/s1. The third-order valence-corrected chi connectivity index (χ3v) is 25.6. The third kappa shape index (κ3) is 41.2. The molecule has 804 valence electrons. The lowest BCUT2D eigenvalue weighted by molar-refractivity contribution is -0.140. The number of thiophene rings is 1. The second-order valence-corrected chi connectivity index (χ2v) is 39.4. The molecule has 12 atom stereocenters. The molecule has 2 aliphatic rings. The minimum absolute atomic E-state index is 0.000492. The molecule has 2 bridgehead atoms. The Bertz CT molecular complexity index is 5590. The second kappa shape index (κ2) is 60.3. The van der Waals surface area contributed by atoms with Crippen LogP contribution in [0.25, 0.3) is 10.1 Å². The molecule has 0 fully saturated rings. The number of hydrogen-bond donors (Lipinski definition) is 20. The Morgan fingerprint density at radius 3 is 1.80 bits per heavy atom. The number of aliphatic hydroxyl groups is 1. The van der Waals surface area contributed by atoms with Crippen molar-refractivity contribution < 1.29 is 121 Å². The van der Waals surface area contributed by atoms with Crippen LogP contribution in [0.2, 0.25) is 0 Å². The number of aromatic carboxylic acids is 1. The van der Waals surface area contributed by atoms with Gasteiger partial charge in [0.1, 0.15) is 72.4 Å². The lowest BCUT2D eigenvalue weighted by Crippen LogP contribution is -2.63. The summed E-state index contributed by atoms with van der Waals surface area (Å²) >= 11 is 1.43. The molecule has 1 unspecified atom stereocenters. The maximum atomic E-state index is 15.1. The predicted octanol–water partition coefficient (Wildman–Crippen LogP) is 4.87. The summed E-state index contributed by atoms with van der Waals surface area (Å²) in [6.07, 6.45) is 9.55. The third-order valence-electron chi connectivity index (χ3n) is 24.6. The van der Waals surface area contributed by atoms with E-state index in [0.29, 0.717) is 44.0 Å². The van der Waals surface area contributed by atoms with Crippen LogP contribution in [-0.2, 0) is 107 Å². The Balaban J connectivity index is 1.13. The minimum atomic E-state index is -2.13. The summed E-state index contributed by atoms with van der Waals surface area (Å²) in [4.78, 5) is 278. The summed E-state index contributed by atoms with van der Waals surface area (Å²) in [6.45, 7) is 12.2. The predicted molar refractivity (Wildman–Crippen MR) is 548 cm³/mol. The van der Waals surface area contributed by atoms with Gasteiger partial charge in [0.25, 0.3) is 0 Å². The minimum Gasteiger partial charge on any atom is -0.481 e. The number of nitrogens with zero attached hydrogens (tertiary/aromatic N) is 2. The van der Waals surface area contributed by atoms with Crippen molar-refractivity contribution in [3.8, 4) is 0 Å². The van der Waals surface area contributed by atoms with Gasteiger partial charge in [-0.2, -0.15) is 0 Å². The molecule has 4 aromatic carbocycles. The van der Waals surface area contributed by atoms with Crippen molar-refractivity contribution in [2.75, 3.05) is 39.8 Å². The first-order valence-corrected chi connectivity index (χ1v) is 50.4. The van der Waals surface area contributed by atoms with E-state index in [2.05, 4.69) is 79.8 Å². The zero-order valence-corrected chi connectivity index (χ0v) is 86.1. The van der Waals surface area contributed by atoms with Crippen LogP contribution < -0.4 is 85.5 Å². The average Bonchev–Trinajstić information content (AvgIpc) is 1.59. The van der Waals surface area contributed by atoms with Crippen LogP contribution in [0, 0.1) is 12.3 Å². The smallest absolute Gasteiger partial charge is 0.410 e. The molecule has 2 aliphatic heterocycles. The fourth-order valence-electron chi connectivity index (χ4n) is 16.2. The second-order valence-electron chi connectivity index (χ2n) is 38.5. The number of primary amides is 1. The van der Waals surface area contributed by atoms with Gasteiger partial charge < -0.3 is 111 Å². The number of carbonyl (C=O) groups is 20. The van der Waals surface area contributed by atoms with Crippen molar-refractivity contribution in [3.05, 3.63) is 177 Å². The molecule has 0 radical (unpaired) electrons. The number of nitrogens with two attached hydrogens (primary N) is 1. The molecule has 21 N–H and O–H groups in total. The van der Waals surface area contributed by atoms with E-state index in [1.54, 1.807) is 58.2 Å². The molecule has 1 aromatic heterocycles. The van der Waals surface area contributed by atoms with E-state index in [1.807, 2.05) is 85.1 Å². The molecule has 3 heterocycles. The van der Waals surface area contributed by atoms with Gasteiger partial charge in [0.2, 0.25) is 76.8 Å². The zero-order valence-electron chi connectivity index (χ0n) is 85.2. The molecule has 5 aromatic rings. The molecule has 7 rings (SSSR count). The lowest BCUT2D eigenvalue weighted by Gasteiger charge is -2.32. The van der Waals surface area contributed by atoms with Gasteiger partial charge >= 0.3 is 36.1 Å². The van der Waals surface area contributed by atoms with Crippen molar-refractivity contribution in [1.29, 1.82) is 0 Å². The number of aliphatic hydroxyl groups excluding tert-OH is 1. The number of carboxylic acid groups (broad SMARTS) is 3. The topological polar surface area (TPSA) is 644 Å². The molecule has 44 heteroatoms. The number of ether oxygens (including phenoxy) is 1. The molecule has 43 nitrogen and oxygen atoms in total. The number of benzene rings is 4. The molecular weight excluding hydrogens is 1930 g/mol. The number of aryl methyl sites for hydroxylation is 1. The van der Waals surface area contributed by atoms with Crippen LogP contribution in [0.1, 0.15) is 216 Å². The largest absolute Gasteiger partial charge is 0.481 e. The number of urea groups is 2. The van der Waals surface area contributed by atoms with E-state index in [-0.39, 0.29) is 107 Å². The maximum absolute atomic E-state index is 15.1. The SMILES string of the molecule is CN[C@@H](Cc1ccccc1C)C(=O)N[C@@H](Cc1csc2ccccc12)C(=O)N[C@@H](CCC(=O)NCCCC[C@@H]1NC(=O)[C@H](Cc2ccccc2)NC(=O)[C@H](C)NC(=O)C(C)(C)NC(=O)[C@H](Cc2cccc(C(=O)O)c2)NC(=O)[C@H](CC(=O)O)NC(=O)NC(O)[C@H](CC(C)(C)C)NC(=O)[C@H](CC(=O)O)NC(=O)N(C(C)=O)CCCC/C=C\CCCCCC/C=C/CCCOC(=O)N2CC(C=O)=C(C2)NC1=O)C(=O)N[C@@H](C)C(N)=O. The van der Waals surface area contributed by atoms with Gasteiger partial charge in [0.15, 0.2) is 0 Å². The Morgan fingerprint density at radius 2 is 1.17 bits per heavy atom. The van der Waals surface area contributed by atoms with Crippen LogP contribution in [-0.4, -0.2) is 267 Å². The quantitative estimate of drug-likeness (QED) is 0.0160. The van der Waals surface area contributed by atoms with Crippen molar-refractivity contribution in [2.45, 2.75) is 288 Å². The van der Waals surface area contributed by atoms with E-state index in [1.165, 1.54) is 62.1 Å². The summed E-state index contributed by atoms with van der Waals surface area (Å²) in [6, 6.07) is 8.79. The van der Waals surface area contributed by atoms with E-state index < -0.39 is 222 Å². The lowest BCUT2D eigenvalue weighted by atomic mass is 9.87. The van der Waals surface area contributed by atoms with Gasteiger partial charge in [-0.25, -0.2) is 19.2 Å². The number of fused-ring (bicyclic) bond motifs is 3. The molecule has 0 saturated heterocycles. The molecule has 0 saturated carbocycles. The Labute approximate surface area is 863 Å². The van der Waals surface area contributed by atoms with Crippen LogP contribution in [0.5, 0.6) is 0 Å². The monoisotopic (exact) mass is 2080 g/mol. The highest BCUT2D eigenvalue weighted by Gasteiger charge is 2.41. The van der Waals surface area contributed by atoms with Gasteiger partial charge in [-0.3, -0.25) is 86.5 Å². The van der Waals surface area contributed by atoms with Crippen LogP contribution in [0.3, 0.4) is 0 Å². The summed E-state index contributed by atoms with van der Waals surface area (Å²) in [7, 11) is 1.61. The molecular formula is C104H142N18O25S. The van der Waals surface area contributed by atoms with Crippen molar-refractivity contribution in [2.24, 2.45) is 11.1 Å². The van der Waals surface area contributed by atoms with Gasteiger partial charge in [0.05, 0.1) is 50.2 Å². The number of carboxylic acids is 3. The van der Waals surface area contributed by atoms with E-state index in [0.717, 1.165) is 83.2 Å². The van der Waals surface area contributed by atoms with Gasteiger partial charge in [-0.1, -0.05) is 143 Å². The maximum Gasteiger partial charge on any atom is 0.410 e. The number of amides is 18. The van der Waals surface area contributed by atoms with Gasteiger partial charge in [-0.15, -0.1) is 11.3 Å². The number of rotatable bonds is 31. The highest BCUT2D eigenvalue weighted by Crippen LogP contribution is 2.29. The normalized spacial score (nSPS) is 21.2. The fraction of sp³-hybridized carbons (Fsp3) is 0.500. The number of aliphatic carboxylic acids is 2. The van der Waals surface area contributed by atoms with Crippen molar-refractivity contribution in [3.63, 3.8) is 0 Å². The molecule has 148 heavy (non-hydrogen) atoms. The molecule has 0 aliphatic carbocycles. The number of cyclic esters (lactones) is 1. The van der Waals surface area contributed by atoms with Crippen LogP contribution in [0.15, 0.2) is 144 Å². The van der Waals surface area contributed by atoms with Crippen LogP contribution in [0.4, 0.5) is 14.4 Å². The average molecular weight is 2080 g/mol. The Kier molecular flexibility index (Phi) is 49.0. The zero-order chi connectivity index (χ0) is 109. The van der Waals surface area contributed by atoms with E-state index in [9.17, 15) is 112 Å². The summed E-state index contributed by atoms with van der Waals surface area (Å²) in [5.74, 6) is -16.8. The fourth-order valence-corrected chi connectivity index (χ4v) is 17.2. The van der Waals surface area contributed by atoms with Crippen molar-refractivity contribution >= 4 is 141 Å². The number of hydrogen-bond acceptors (Lipinski definition) is 24. The van der Waals surface area contributed by atoms with Gasteiger partial charge in [0, 0.05) is 61.7 Å². The number of likely N-dealkylation sites (N-methyl/N-ethyl adjacent to an activating group) is 1. The highest BCUT2D eigenvalue weighted by atomic mass is 32.1.